The molecular weight excluding hydrogens is 238 g/mol. The Morgan fingerprint density at radius 1 is 1.16 bits per heavy atom. The van der Waals surface area contributed by atoms with E-state index in [4.69, 9.17) is 9.47 Å². The summed E-state index contributed by atoms with van der Waals surface area (Å²) < 4.78 is 11.7. The first-order chi connectivity index (χ1) is 9.31. The van der Waals surface area contributed by atoms with E-state index in [1.807, 2.05) is 0 Å². The van der Waals surface area contributed by atoms with Crippen LogP contribution in [0.5, 0.6) is 0 Å². The van der Waals surface area contributed by atoms with Crippen molar-refractivity contribution in [3.63, 3.8) is 0 Å². The Morgan fingerprint density at radius 2 is 2.11 bits per heavy atom. The topological polar surface area (TPSA) is 30.5 Å². The maximum Gasteiger partial charge on any atom is 0.0939 e. The van der Waals surface area contributed by atoms with Crippen LogP contribution in [0, 0.1) is 11.8 Å². The summed E-state index contributed by atoms with van der Waals surface area (Å²) in [6.45, 7) is 6.13. The molecule has 0 aromatic carbocycles. The highest BCUT2D eigenvalue weighted by molar-refractivity contribution is 4.94. The molecule has 4 atom stereocenters. The van der Waals surface area contributed by atoms with E-state index in [2.05, 4.69) is 12.2 Å². The molecule has 0 bridgehead atoms. The van der Waals surface area contributed by atoms with Crippen LogP contribution in [0.15, 0.2) is 0 Å². The molecule has 3 aliphatic rings. The lowest BCUT2D eigenvalue weighted by Crippen LogP contribution is -2.42. The van der Waals surface area contributed by atoms with Gasteiger partial charge in [0.2, 0.25) is 0 Å². The van der Waals surface area contributed by atoms with Crippen molar-refractivity contribution in [3.05, 3.63) is 0 Å². The molecule has 4 unspecified atom stereocenters. The average Bonchev–Trinajstić information content (AvgIpc) is 3.06. The van der Waals surface area contributed by atoms with Gasteiger partial charge in [-0.3, -0.25) is 0 Å². The molecule has 0 radical (unpaired) electrons. The first-order valence-electron chi connectivity index (χ1n) is 8.26. The van der Waals surface area contributed by atoms with Gasteiger partial charge in [0.15, 0.2) is 0 Å². The van der Waals surface area contributed by atoms with Gasteiger partial charge in [0, 0.05) is 25.7 Å². The fraction of sp³-hybridized carbons (Fsp3) is 1.00. The first kappa shape index (κ1) is 13.8. The van der Waals surface area contributed by atoms with E-state index in [0.29, 0.717) is 0 Å². The summed E-state index contributed by atoms with van der Waals surface area (Å²) in [5, 5.41) is 3.71. The Morgan fingerprint density at radius 3 is 2.89 bits per heavy atom. The maximum absolute atomic E-state index is 6.07. The van der Waals surface area contributed by atoms with Gasteiger partial charge in [0.1, 0.15) is 0 Å². The summed E-state index contributed by atoms with van der Waals surface area (Å²) in [4.78, 5) is 0. The molecule has 2 heterocycles. The molecule has 2 aliphatic heterocycles. The van der Waals surface area contributed by atoms with E-state index in [9.17, 15) is 0 Å². The highest BCUT2D eigenvalue weighted by atomic mass is 16.6. The second-order valence-corrected chi connectivity index (χ2v) is 6.81. The van der Waals surface area contributed by atoms with E-state index in [1.165, 1.54) is 45.1 Å². The quantitative estimate of drug-likeness (QED) is 0.849. The number of rotatable bonds is 4. The highest BCUT2D eigenvalue weighted by Crippen LogP contribution is 2.43. The van der Waals surface area contributed by atoms with Crippen molar-refractivity contribution >= 4 is 0 Å². The van der Waals surface area contributed by atoms with Crippen LogP contribution in [0.25, 0.3) is 0 Å². The molecule has 19 heavy (non-hydrogen) atoms. The zero-order valence-electron chi connectivity index (χ0n) is 12.3. The number of ether oxygens (including phenoxy) is 2. The van der Waals surface area contributed by atoms with Crippen LogP contribution >= 0.6 is 0 Å². The van der Waals surface area contributed by atoms with Gasteiger partial charge in [-0.05, 0) is 56.9 Å². The average molecular weight is 267 g/mol. The molecule has 1 saturated carbocycles. The Balaban J connectivity index is 1.52. The fourth-order valence-corrected chi connectivity index (χ4v) is 4.31. The van der Waals surface area contributed by atoms with Crippen LogP contribution in [0.1, 0.15) is 51.9 Å². The van der Waals surface area contributed by atoms with Gasteiger partial charge < -0.3 is 14.8 Å². The van der Waals surface area contributed by atoms with Gasteiger partial charge in [-0.25, -0.2) is 0 Å². The van der Waals surface area contributed by atoms with Crippen molar-refractivity contribution in [2.75, 3.05) is 26.4 Å². The number of hydrogen-bond donors (Lipinski definition) is 1. The second-order valence-electron chi connectivity index (χ2n) is 6.81. The lowest BCUT2D eigenvalue weighted by molar-refractivity contribution is -0.106. The van der Waals surface area contributed by atoms with Crippen molar-refractivity contribution in [3.8, 4) is 0 Å². The minimum atomic E-state index is 0.0951. The van der Waals surface area contributed by atoms with Gasteiger partial charge in [-0.1, -0.05) is 6.92 Å². The van der Waals surface area contributed by atoms with E-state index in [-0.39, 0.29) is 5.60 Å². The van der Waals surface area contributed by atoms with Crippen molar-refractivity contribution in [2.24, 2.45) is 11.8 Å². The fourth-order valence-electron chi connectivity index (χ4n) is 4.31. The van der Waals surface area contributed by atoms with E-state index in [0.717, 1.165) is 44.1 Å². The Bertz CT molecular complexity index is 288. The van der Waals surface area contributed by atoms with Crippen LogP contribution in [0.3, 0.4) is 0 Å². The normalized spacial score (nSPS) is 43.1. The molecule has 1 aliphatic carbocycles. The molecule has 1 spiro atoms. The van der Waals surface area contributed by atoms with Crippen LogP contribution in [-0.2, 0) is 9.47 Å². The SMILES string of the molecule is CCCNC1CCC(C2CCOC3(CCOC3)C2)C1. The molecule has 0 aromatic rings. The molecule has 1 N–H and O–H groups in total. The van der Waals surface area contributed by atoms with Crippen molar-refractivity contribution in [1.82, 2.24) is 5.32 Å². The lowest BCUT2D eigenvalue weighted by Gasteiger charge is -2.39. The Hall–Kier alpha value is -0.120. The standard InChI is InChI=1S/C16H29NO2/c1-2-7-17-15-4-3-13(10-15)14-5-8-19-16(11-14)6-9-18-12-16/h13-15,17H,2-12H2,1H3. The summed E-state index contributed by atoms with van der Waals surface area (Å²) in [7, 11) is 0. The van der Waals surface area contributed by atoms with E-state index in [1.54, 1.807) is 0 Å². The van der Waals surface area contributed by atoms with Crippen molar-refractivity contribution in [1.29, 1.82) is 0 Å². The zero-order chi connectivity index (χ0) is 13.1. The molecule has 0 aromatic heterocycles. The third-order valence-corrected chi connectivity index (χ3v) is 5.42. The Kier molecular flexibility index (Phi) is 4.45. The summed E-state index contributed by atoms with van der Waals surface area (Å²) in [6, 6.07) is 0.781. The molecule has 2 saturated heterocycles. The van der Waals surface area contributed by atoms with Gasteiger partial charge in [0.05, 0.1) is 12.2 Å². The predicted molar refractivity (Wildman–Crippen MR) is 76.3 cm³/mol. The molecular formula is C16H29NO2. The van der Waals surface area contributed by atoms with Crippen LogP contribution in [-0.4, -0.2) is 38.0 Å². The first-order valence-corrected chi connectivity index (χ1v) is 8.26. The van der Waals surface area contributed by atoms with Crippen LogP contribution < -0.4 is 5.32 Å². The molecule has 0 amide bonds. The molecule has 3 nitrogen and oxygen atoms in total. The minimum absolute atomic E-state index is 0.0951. The molecule has 3 fully saturated rings. The highest BCUT2D eigenvalue weighted by Gasteiger charge is 2.44. The largest absolute Gasteiger partial charge is 0.378 e. The molecule has 3 heteroatoms. The van der Waals surface area contributed by atoms with Gasteiger partial charge in [-0.2, -0.15) is 0 Å². The van der Waals surface area contributed by atoms with E-state index < -0.39 is 0 Å². The van der Waals surface area contributed by atoms with Crippen LogP contribution in [0.4, 0.5) is 0 Å². The van der Waals surface area contributed by atoms with Gasteiger partial charge in [0.25, 0.3) is 0 Å². The molecule has 110 valence electrons. The Labute approximate surface area is 117 Å². The summed E-state index contributed by atoms with van der Waals surface area (Å²) >= 11 is 0. The monoisotopic (exact) mass is 267 g/mol. The molecule has 3 rings (SSSR count). The third kappa shape index (κ3) is 3.14. The third-order valence-electron chi connectivity index (χ3n) is 5.42. The van der Waals surface area contributed by atoms with Crippen molar-refractivity contribution in [2.45, 2.75) is 63.5 Å². The minimum Gasteiger partial charge on any atom is -0.378 e. The van der Waals surface area contributed by atoms with Crippen LogP contribution in [0.2, 0.25) is 0 Å². The van der Waals surface area contributed by atoms with Gasteiger partial charge in [-0.15, -0.1) is 0 Å². The summed E-state index contributed by atoms with van der Waals surface area (Å²) in [6.07, 6.45) is 9.08. The van der Waals surface area contributed by atoms with Crippen molar-refractivity contribution < 1.29 is 9.47 Å². The summed E-state index contributed by atoms with van der Waals surface area (Å²) in [5.74, 6) is 1.81. The number of hydrogen-bond acceptors (Lipinski definition) is 3. The lowest BCUT2D eigenvalue weighted by atomic mass is 9.77. The number of nitrogens with one attached hydrogen (secondary N) is 1. The second kappa shape index (κ2) is 6.11. The van der Waals surface area contributed by atoms with E-state index >= 15 is 0 Å². The zero-order valence-corrected chi connectivity index (χ0v) is 12.3. The summed E-state index contributed by atoms with van der Waals surface area (Å²) in [5.41, 5.74) is 0.0951. The van der Waals surface area contributed by atoms with Gasteiger partial charge >= 0.3 is 0 Å². The maximum atomic E-state index is 6.07. The predicted octanol–water partition coefficient (Wildman–Crippen LogP) is 2.74. The smallest absolute Gasteiger partial charge is 0.0939 e.